The molecule has 1 aromatic carbocycles. The molecule has 0 aliphatic carbocycles. The largest absolute Gasteiger partial charge is 0.464 e. The fourth-order valence-electron chi connectivity index (χ4n) is 2.39. The molecule has 118 valence electrons. The van der Waals surface area contributed by atoms with Gasteiger partial charge >= 0.3 is 5.97 Å². The zero-order valence-electron chi connectivity index (χ0n) is 13.4. The Morgan fingerprint density at radius 3 is 2.52 bits per heavy atom. The lowest BCUT2D eigenvalue weighted by atomic mass is 9.84. The van der Waals surface area contributed by atoms with Gasteiger partial charge in [-0.2, -0.15) is 0 Å². The number of halogens is 1. The Balaban J connectivity index is 3.10. The van der Waals surface area contributed by atoms with Crippen molar-refractivity contribution in [1.29, 1.82) is 0 Å². The third-order valence-electron chi connectivity index (χ3n) is 3.91. The van der Waals surface area contributed by atoms with E-state index >= 15 is 0 Å². The lowest BCUT2D eigenvalue weighted by Crippen LogP contribution is -2.48. The summed E-state index contributed by atoms with van der Waals surface area (Å²) in [7, 11) is 0. The topological polar surface area (TPSA) is 38.3 Å². The Morgan fingerprint density at radius 1 is 1.33 bits per heavy atom. The highest BCUT2D eigenvalue weighted by atomic mass is 35.5. The second kappa shape index (κ2) is 8.28. The van der Waals surface area contributed by atoms with Crippen LogP contribution in [0.5, 0.6) is 0 Å². The van der Waals surface area contributed by atoms with E-state index in [1.165, 1.54) is 0 Å². The molecule has 0 aromatic heterocycles. The number of hydrogen-bond donors (Lipinski definition) is 1. The molecule has 2 unspecified atom stereocenters. The Morgan fingerprint density at radius 2 is 2.00 bits per heavy atom. The summed E-state index contributed by atoms with van der Waals surface area (Å²) >= 11 is 6.22. The monoisotopic (exact) mass is 311 g/mol. The fourth-order valence-corrected chi connectivity index (χ4v) is 2.57. The molecule has 0 spiro atoms. The maximum atomic E-state index is 12.5. The van der Waals surface area contributed by atoms with Gasteiger partial charge in [-0.25, -0.2) is 4.79 Å². The van der Waals surface area contributed by atoms with Crippen LogP contribution in [0.4, 0.5) is 5.69 Å². The summed E-state index contributed by atoms with van der Waals surface area (Å²) in [6.45, 7) is 8.50. The zero-order chi connectivity index (χ0) is 15.9. The van der Waals surface area contributed by atoms with Crippen LogP contribution in [0.3, 0.4) is 0 Å². The van der Waals surface area contributed by atoms with E-state index in [1.807, 2.05) is 38.1 Å². The van der Waals surface area contributed by atoms with Gasteiger partial charge in [-0.15, -0.1) is 0 Å². The first-order valence-electron chi connectivity index (χ1n) is 7.69. The van der Waals surface area contributed by atoms with Crippen LogP contribution >= 0.6 is 11.6 Å². The normalized spacial score (nSPS) is 15.1. The third-order valence-corrected chi connectivity index (χ3v) is 4.24. The van der Waals surface area contributed by atoms with E-state index < -0.39 is 5.54 Å². The van der Waals surface area contributed by atoms with Crippen LogP contribution in [0.15, 0.2) is 24.3 Å². The number of carbonyl (C=O) groups is 1. The van der Waals surface area contributed by atoms with Crippen molar-refractivity contribution < 1.29 is 9.53 Å². The molecule has 2 atom stereocenters. The Hall–Kier alpha value is -1.22. The van der Waals surface area contributed by atoms with Gasteiger partial charge in [0.25, 0.3) is 0 Å². The van der Waals surface area contributed by atoms with Crippen LogP contribution in [0.1, 0.15) is 47.0 Å². The molecule has 0 amide bonds. The lowest BCUT2D eigenvalue weighted by molar-refractivity contribution is -0.149. The second-order valence-corrected chi connectivity index (χ2v) is 5.89. The van der Waals surface area contributed by atoms with E-state index in [0.29, 0.717) is 24.0 Å². The van der Waals surface area contributed by atoms with Crippen molar-refractivity contribution in [3.05, 3.63) is 29.3 Å². The van der Waals surface area contributed by atoms with Crippen LogP contribution in [-0.2, 0) is 9.53 Å². The summed E-state index contributed by atoms with van der Waals surface area (Å²) in [6, 6.07) is 7.49. The van der Waals surface area contributed by atoms with Crippen molar-refractivity contribution >= 4 is 23.3 Å². The van der Waals surface area contributed by atoms with Crippen molar-refractivity contribution in [2.45, 2.75) is 52.5 Å². The van der Waals surface area contributed by atoms with Crippen molar-refractivity contribution in [3.8, 4) is 0 Å². The van der Waals surface area contributed by atoms with E-state index in [1.54, 1.807) is 0 Å². The van der Waals surface area contributed by atoms with Crippen molar-refractivity contribution in [2.24, 2.45) is 5.92 Å². The van der Waals surface area contributed by atoms with E-state index in [9.17, 15) is 4.79 Å². The molecule has 1 N–H and O–H groups in total. The highest BCUT2D eigenvalue weighted by Crippen LogP contribution is 2.32. The Bertz CT molecular complexity index is 464. The van der Waals surface area contributed by atoms with Crippen LogP contribution in [0.25, 0.3) is 0 Å². The molecule has 0 aliphatic rings. The van der Waals surface area contributed by atoms with Crippen LogP contribution in [-0.4, -0.2) is 18.1 Å². The number of para-hydroxylation sites is 1. The van der Waals surface area contributed by atoms with E-state index in [-0.39, 0.29) is 5.97 Å². The molecule has 0 heterocycles. The summed E-state index contributed by atoms with van der Waals surface area (Å²) in [6.07, 6.45) is 2.40. The minimum absolute atomic E-state index is 0.201. The Kier molecular flexibility index (Phi) is 7.03. The molecule has 0 bridgehead atoms. The summed E-state index contributed by atoms with van der Waals surface area (Å²) in [4.78, 5) is 12.5. The number of anilines is 1. The molecule has 0 aliphatic heterocycles. The molecule has 1 rings (SSSR count). The number of ether oxygens (including phenoxy) is 1. The summed E-state index contributed by atoms with van der Waals surface area (Å²) in [5.41, 5.74) is 0.0496. The molecule has 21 heavy (non-hydrogen) atoms. The molecule has 1 aromatic rings. The fraction of sp³-hybridized carbons (Fsp3) is 0.588. The minimum atomic E-state index is -0.726. The Labute approximate surface area is 133 Å². The standard InChI is InChI=1S/C17H26ClNO2/c1-5-13(4)12-17(6-2,16(20)21-7-3)19-15-11-9-8-10-14(15)18/h8-11,13,19H,5-7,12H2,1-4H3. The number of carbonyl (C=O) groups excluding carboxylic acids is 1. The quantitative estimate of drug-likeness (QED) is 0.694. The first kappa shape index (κ1) is 17.8. The first-order valence-corrected chi connectivity index (χ1v) is 8.06. The predicted molar refractivity (Wildman–Crippen MR) is 88.8 cm³/mol. The SMILES string of the molecule is CCOC(=O)C(CC)(CC(C)CC)Nc1ccccc1Cl. The van der Waals surface area contributed by atoms with Gasteiger partial charge in [0.1, 0.15) is 5.54 Å². The van der Waals surface area contributed by atoms with Gasteiger partial charge in [-0.3, -0.25) is 0 Å². The molecule has 0 radical (unpaired) electrons. The summed E-state index contributed by atoms with van der Waals surface area (Å²) in [5.74, 6) is 0.220. The van der Waals surface area contributed by atoms with Crippen molar-refractivity contribution in [2.75, 3.05) is 11.9 Å². The lowest BCUT2D eigenvalue weighted by Gasteiger charge is -2.34. The molecular formula is C17H26ClNO2. The minimum Gasteiger partial charge on any atom is -0.464 e. The van der Waals surface area contributed by atoms with Gasteiger partial charge in [0.2, 0.25) is 0 Å². The van der Waals surface area contributed by atoms with Crippen LogP contribution in [0, 0.1) is 5.92 Å². The first-order chi connectivity index (χ1) is 9.99. The van der Waals surface area contributed by atoms with E-state index in [4.69, 9.17) is 16.3 Å². The van der Waals surface area contributed by atoms with Crippen LogP contribution < -0.4 is 5.32 Å². The number of rotatable bonds is 8. The average Bonchev–Trinajstić information content (AvgIpc) is 2.48. The number of esters is 1. The van der Waals surface area contributed by atoms with Gasteiger partial charge in [0.15, 0.2) is 0 Å². The zero-order valence-corrected chi connectivity index (χ0v) is 14.2. The van der Waals surface area contributed by atoms with Crippen molar-refractivity contribution in [3.63, 3.8) is 0 Å². The van der Waals surface area contributed by atoms with Gasteiger partial charge in [0, 0.05) is 0 Å². The van der Waals surface area contributed by atoms with Gasteiger partial charge in [-0.1, -0.05) is 50.9 Å². The number of hydrogen-bond acceptors (Lipinski definition) is 3. The van der Waals surface area contributed by atoms with Gasteiger partial charge < -0.3 is 10.1 Å². The van der Waals surface area contributed by atoms with E-state index in [2.05, 4.69) is 19.2 Å². The highest BCUT2D eigenvalue weighted by Gasteiger charge is 2.39. The van der Waals surface area contributed by atoms with Crippen LogP contribution in [0.2, 0.25) is 5.02 Å². The maximum Gasteiger partial charge on any atom is 0.331 e. The predicted octanol–water partition coefficient (Wildman–Crippen LogP) is 4.90. The highest BCUT2D eigenvalue weighted by molar-refractivity contribution is 6.33. The smallest absolute Gasteiger partial charge is 0.331 e. The summed E-state index contributed by atoms with van der Waals surface area (Å²) in [5, 5.41) is 3.97. The summed E-state index contributed by atoms with van der Waals surface area (Å²) < 4.78 is 5.31. The molecule has 0 fully saturated rings. The van der Waals surface area contributed by atoms with Crippen molar-refractivity contribution in [1.82, 2.24) is 0 Å². The average molecular weight is 312 g/mol. The maximum absolute atomic E-state index is 12.5. The molecule has 0 saturated carbocycles. The third kappa shape index (κ3) is 4.63. The molecule has 0 saturated heterocycles. The number of benzene rings is 1. The number of nitrogens with one attached hydrogen (secondary N) is 1. The van der Waals surface area contributed by atoms with Gasteiger partial charge in [-0.05, 0) is 37.8 Å². The molecule has 3 nitrogen and oxygen atoms in total. The second-order valence-electron chi connectivity index (χ2n) is 5.48. The van der Waals surface area contributed by atoms with Gasteiger partial charge in [0.05, 0.1) is 17.3 Å². The van der Waals surface area contributed by atoms with E-state index in [0.717, 1.165) is 18.5 Å². The molecular weight excluding hydrogens is 286 g/mol. The molecule has 4 heteroatoms.